The van der Waals surface area contributed by atoms with Crippen molar-refractivity contribution in [2.45, 2.75) is 25.0 Å². The predicted octanol–water partition coefficient (Wildman–Crippen LogP) is 2.10. The summed E-state index contributed by atoms with van der Waals surface area (Å²) in [7, 11) is 0. The molecular weight excluding hydrogens is 360 g/mol. The lowest BCUT2D eigenvalue weighted by Gasteiger charge is -2.14. The van der Waals surface area contributed by atoms with E-state index in [1.165, 1.54) is 28.0 Å². The van der Waals surface area contributed by atoms with Crippen molar-refractivity contribution in [2.24, 2.45) is 0 Å². The zero-order chi connectivity index (χ0) is 17.8. The Morgan fingerprint density at radius 3 is 2.76 bits per heavy atom. The molecule has 9 heteroatoms. The van der Waals surface area contributed by atoms with Crippen LogP contribution in [-0.2, 0) is 20.8 Å². The zero-order valence-corrected chi connectivity index (χ0v) is 15.1. The molecule has 3 rings (SSSR count). The maximum atomic E-state index is 12.5. The van der Waals surface area contributed by atoms with Crippen molar-refractivity contribution in [3.05, 3.63) is 35.3 Å². The molecule has 1 aliphatic rings. The van der Waals surface area contributed by atoms with Gasteiger partial charge in [0.1, 0.15) is 5.01 Å². The Hall–Kier alpha value is -2.26. The summed E-state index contributed by atoms with van der Waals surface area (Å²) in [6.07, 6.45) is 0.862. The van der Waals surface area contributed by atoms with Crippen LogP contribution in [0.3, 0.4) is 0 Å². The largest absolute Gasteiger partial charge is 0.300 e. The summed E-state index contributed by atoms with van der Waals surface area (Å²) in [4.78, 5) is 37.8. The number of carbonyl (C=O) groups excluding carboxylic acids is 3. The molecule has 1 saturated heterocycles. The van der Waals surface area contributed by atoms with Crippen molar-refractivity contribution in [1.82, 2.24) is 10.2 Å². The lowest BCUT2D eigenvalue weighted by Crippen LogP contribution is -2.31. The molecule has 1 fully saturated rings. The first-order valence-corrected chi connectivity index (χ1v) is 9.60. The number of benzene rings is 1. The number of thioether (sulfide) groups is 1. The maximum absolute atomic E-state index is 12.5. The number of hydrogen-bond donors (Lipinski definition) is 1. The van der Waals surface area contributed by atoms with Crippen molar-refractivity contribution >= 4 is 51.6 Å². The normalized spacial score (nSPS) is 17.2. The lowest BCUT2D eigenvalue weighted by atomic mass is 10.3. The van der Waals surface area contributed by atoms with E-state index < -0.39 is 5.25 Å². The van der Waals surface area contributed by atoms with Gasteiger partial charge in [0.25, 0.3) is 0 Å². The third-order valence-electron chi connectivity index (χ3n) is 3.55. The van der Waals surface area contributed by atoms with Crippen LogP contribution in [0, 0.1) is 0 Å². The number of imide groups is 1. The number of aryl methyl sites for hydroxylation is 1. The molecule has 0 aliphatic carbocycles. The number of nitrogens with one attached hydrogen (secondary N) is 1. The second-order valence-electron chi connectivity index (χ2n) is 5.31. The lowest BCUT2D eigenvalue weighted by molar-refractivity contribution is -0.121. The molecule has 0 saturated carbocycles. The van der Waals surface area contributed by atoms with E-state index >= 15 is 0 Å². The topological polar surface area (TPSA) is 92.3 Å². The van der Waals surface area contributed by atoms with E-state index in [4.69, 9.17) is 0 Å². The quantitative estimate of drug-likeness (QED) is 0.776. The summed E-state index contributed by atoms with van der Waals surface area (Å²) in [5, 5.41) is 11.2. The fourth-order valence-corrected chi connectivity index (χ4v) is 3.99. The van der Waals surface area contributed by atoms with Crippen molar-refractivity contribution in [3.8, 4) is 0 Å². The maximum Gasteiger partial charge on any atom is 0.247 e. The number of amides is 3. The number of hydrogen-bond acceptors (Lipinski definition) is 7. The number of carbonyl (C=O) groups is 3. The summed E-state index contributed by atoms with van der Waals surface area (Å²) in [6, 6.07) is 8.81. The number of rotatable bonds is 6. The first-order chi connectivity index (χ1) is 12.1. The van der Waals surface area contributed by atoms with E-state index in [1.807, 2.05) is 13.0 Å². The van der Waals surface area contributed by atoms with Crippen LogP contribution >= 0.6 is 23.1 Å². The van der Waals surface area contributed by atoms with Gasteiger partial charge in [-0.3, -0.25) is 19.7 Å². The van der Waals surface area contributed by atoms with Crippen molar-refractivity contribution < 1.29 is 14.4 Å². The van der Waals surface area contributed by atoms with Crippen LogP contribution in [0.5, 0.6) is 0 Å². The van der Waals surface area contributed by atoms with Gasteiger partial charge in [-0.2, -0.15) is 0 Å². The smallest absolute Gasteiger partial charge is 0.247 e. The Bertz CT molecular complexity index is 794. The average Bonchev–Trinajstić information content (AvgIpc) is 3.17. The van der Waals surface area contributed by atoms with Gasteiger partial charge in [-0.25, -0.2) is 4.90 Å². The third-order valence-corrected chi connectivity index (χ3v) is 5.73. The van der Waals surface area contributed by atoms with E-state index in [2.05, 4.69) is 15.5 Å². The Balaban J connectivity index is 1.56. The van der Waals surface area contributed by atoms with Crippen LogP contribution < -0.4 is 10.2 Å². The van der Waals surface area contributed by atoms with Crippen LogP contribution in [0.4, 0.5) is 10.8 Å². The highest BCUT2D eigenvalue weighted by Gasteiger charge is 2.39. The monoisotopic (exact) mass is 376 g/mol. The molecule has 0 unspecified atom stereocenters. The second kappa shape index (κ2) is 7.75. The first kappa shape index (κ1) is 17.6. The molecule has 25 heavy (non-hydrogen) atoms. The minimum absolute atomic E-state index is 0.0767. The van der Waals surface area contributed by atoms with Crippen molar-refractivity contribution in [2.75, 3.05) is 16.0 Å². The number of aromatic nitrogens is 2. The number of para-hydroxylation sites is 1. The Labute approximate surface area is 152 Å². The van der Waals surface area contributed by atoms with Crippen molar-refractivity contribution in [3.63, 3.8) is 0 Å². The molecule has 3 amide bonds. The molecule has 2 aromatic rings. The third kappa shape index (κ3) is 4.05. The van der Waals surface area contributed by atoms with Gasteiger partial charge in [0.15, 0.2) is 0 Å². The van der Waals surface area contributed by atoms with Gasteiger partial charge in [0.2, 0.25) is 22.9 Å². The van der Waals surface area contributed by atoms with Gasteiger partial charge in [-0.15, -0.1) is 22.0 Å². The summed E-state index contributed by atoms with van der Waals surface area (Å²) in [5.74, 6) is -0.709. The van der Waals surface area contributed by atoms with Gasteiger partial charge in [-0.1, -0.05) is 36.5 Å². The van der Waals surface area contributed by atoms with E-state index in [-0.39, 0.29) is 29.9 Å². The molecule has 1 aromatic carbocycles. The fourth-order valence-electron chi connectivity index (χ4n) is 2.36. The molecule has 130 valence electrons. The van der Waals surface area contributed by atoms with E-state index in [1.54, 1.807) is 24.3 Å². The van der Waals surface area contributed by atoms with E-state index in [0.29, 0.717) is 10.8 Å². The van der Waals surface area contributed by atoms with Gasteiger partial charge >= 0.3 is 0 Å². The Kier molecular flexibility index (Phi) is 5.44. The second-order valence-corrected chi connectivity index (χ2v) is 7.56. The standard InChI is InChI=1S/C16H16N4O3S2/c1-2-13-18-19-16(25-13)17-12(21)9-24-11-8-14(22)20(15(11)23)10-6-4-3-5-7-10/h3-7,11H,2,8-9H2,1H3,(H,17,19,21)/t11-/m1/s1. The molecule has 1 aromatic heterocycles. The Morgan fingerprint density at radius 2 is 2.08 bits per heavy atom. The van der Waals surface area contributed by atoms with Gasteiger partial charge in [-0.05, 0) is 18.6 Å². The molecule has 2 heterocycles. The molecule has 0 spiro atoms. The van der Waals surface area contributed by atoms with Gasteiger partial charge < -0.3 is 0 Å². The summed E-state index contributed by atoms with van der Waals surface area (Å²) in [6.45, 7) is 1.96. The molecule has 1 N–H and O–H groups in total. The predicted molar refractivity (Wildman–Crippen MR) is 97.7 cm³/mol. The first-order valence-electron chi connectivity index (χ1n) is 7.74. The highest BCUT2D eigenvalue weighted by Crippen LogP contribution is 2.29. The number of nitrogens with zero attached hydrogens (tertiary/aromatic N) is 3. The fraction of sp³-hybridized carbons (Fsp3) is 0.312. The molecule has 1 aliphatic heterocycles. The van der Waals surface area contributed by atoms with Crippen LogP contribution in [0.2, 0.25) is 0 Å². The van der Waals surface area contributed by atoms with Gasteiger partial charge in [0.05, 0.1) is 16.7 Å². The summed E-state index contributed by atoms with van der Waals surface area (Å²) >= 11 is 2.49. The highest BCUT2D eigenvalue weighted by molar-refractivity contribution is 8.01. The molecule has 7 nitrogen and oxygen atoms in total. The van der Waals surface area contributed by atoms with Gasteiger partial charge in [0, 0.05) is 6.42 Å². The minimum Gasteiger partial charge on any atom is -0.300 e. The van der Waals surface area contributed by atoms with Crippen LogP contribution in [0.1, 0.15) is 18.4 Å². The average molecular weight is 376 g/mol. The summed E-state index contributed by atoms with van der Waals surface area (Å²) < 4.78 is 0. The minimum atomic E-state index is -0.543. The van der Waals surface area contributed by atoms with Crippen LogP contribution in [0.15, 0.2) is 30.3 Å². The van der Waals surface area contributed by atoms with E-state index in [0.717, 1.165) is 11.4 Å². The number of anilines is 2. The molecule has 0 radical (unpaired) electrons. The van der Waals surface area contributed by atoms with E-state index in [9.17, 15) is 14.4 Å². The Morgan fingerprint density at radius 1 is 1.32 bits per heavy atom. The van der Waals surface area contributed by atoms with Crippen LogP contribution in [-0.4, -0.2) is 38.9 Å². The molecular formula is C16H16N4O3S2. The summed E-state index contributed by atoms with van der Waals surface area (Å²) in [5.41, 5.74) is 0.561. The molecule has 1 atom stereocenters. The van der Waals surface area contributed by atoms with Crippen LogP contribution in [0.25, 0.3) is 0 Å². The zero-order valence-electron chi connectivity index (χ0n) is 13.5. The highest BCUT2D eigenvalue weighted by atomic mass is 32.2. The van der Waals surface area contributed by atoms with Crippen molar-refractivity contribution in [1.29, 1.82) is 0 Å². The molecule has 0 bridgehead atoms. The SMILES string of the molecule is CCc1nnc(NC(=O)CS[C@@H]2CC(=O)N(c3ccccc3)C2=O)s1.